The summed E-state index contributed by atoms with van der Waals surface area (Å²) >= 11 is 0. The Morgan fingerprint density at radius 3 is 2.19 bits per heavy atom. The highest BCUT2D eigenvalue weighted by molar-refractivity contribution is 6.00. The number of nitrogens with one attached hydrogen (secondary N) is 1. The van der Waals surface area contributed by atoms with Crippen LogP contribution in [0, 0.1) is 5.82 Å². The molecule has 0 atom stereocenters. The number of benzene rings is 3. The van der Waals surface area contributed by atoms with E-state index < -0.39 is 24.0 Å². The molecule has 42 heavy (non-hydrogen) atoms. The number of rotatable bonds is 8. The zero-order valence-electron chi connectivity index (χ0n) is 23.1. The highest BCUT2D eigenvalue weighted by Gasteiger charge is 2.49. The Balaban J connectivity index is 1.11. The standard InChI is InChI=1S/C33H32F4N4O/c34-24-12-13-29-23(21-24)11-14-30(39-29)41-19-17-40(18-20-41)16-6-5-15-32(31(42)38-22-33(35,36)37)27-9-3-1-7-25(27)26-8-2-4-10-28(26)32/h1-4,7-14,21H,5-6,15-20,22H2,(H,38,42). The van der Waals surface area contributed by atoms with Gasteiger partial charge in [-0.05, 0) is 72.0 Å². The van der Waals surface area contributed by atoms with E-state index in [2.05, 4.69) is 15.1 Å². The van der Waals surface area contributed by atoms with Crippen LogP contribution in [0.5, 0.6) is 0 Å². The van der Waals surface area contributed by atoms with Crippen molar-refractivity contribution in [2.45, 2.75) is 30.9 Å². The van der Waals surface area contributed by atoms with E-state index in [1.54, 1.807) is 6.07 Å². The summed E-state index contributed by atoms with van der Waals surface area (Å²) < 4.78 is 52.8. The third-order valence-corrected chi connectivity index (χ3v) is 8.51. The fourth-order valence-electron chi connectivity index (χ4n) is 6.47. The second-order valence-corrected chi connectivity index (χ2v) is 11.1. The van der Waals surface area contributed by atoms with Gasteiger partial charge in [0.15, 0.2) is 0 Å². The number of pyridine rings is 1. The second-order valence-electron chi connectivity index (χ2n) is 11.1. The van der Waals surface area contributed by atoms with Gasteiger partial charge in [0.2, 0.25) is 5.91 Å². The maximum absolute atomic E-state index is 13.7. The van der Waals surface area contributed by atoms with Crippen LogP contribution in [0.15, 0.2) is 78.9 Å². The van der Waals surface area contributed by atoms with Crippen LogP contribution >= 0.6 is 0 Å². The van der Waals surface area contributed by atoms with Crippen LogP contribution in [0.1, 0.15) is 30.4 Å². The topological polar surface area (TPSA) is 48.5 Å². The number of aromatic nitrogens is 1. The Labute approximate surface area is 242 Å². The normalized spacial score (nSPS) is 16.3. The van der Waals surface area contributed by atoms with Crippen LogP contribution in [0.2, 0.25) is 0 Å². The summed E-state index contributed by atoms with van der Waals surface area (Å²) in [5.74, 6) is -0.00420. The van der Waals surface area contributed by atoms with Gasteiger partial charge in [0.25, 0.3) is 0 Å². The zero-order valence-corrected chi connectivity index (χ0v) is 23.1. The van der Waals surface area contributed by atoms with Crippen LogP contribution in [-0.2, 0) is 10.2 Å². The SMILES string of the molecule is O=C(NCC(F)(F)F)C1(CCCCN2CCN(c3ccc4cc(F)ccc4n3)CC2)c2ccccc2-c2ccccc21. The third-order valence-electron chi connectivity index (χ3n) is 8.51. The highest BCUT2D eigenvalue weighted by Crippen LogP contribution is 2.51. The molecule has 5 nitrogen and oxygen atoms in total. The van der Waals surface area contributed by atoms with Crippen LogP contribution in [-0.4, -0.2) is 61.2 Å². The van der Waals surface area contributed by atoms with Crippen LogP contribution in [0.3, 0.4) is 0 Å². The van der Waals surface area contributed by atoms with Crippen molar-refractivity contribution >= 4 is 22.6 Å². The van der Waals surface area contributed by atoms with E-state index in [4.69, 9.17) is 4.98 Å². The first-order valence-electron chi connectivity index (χ1n) is 14.3. The number of halogens is 4. The summed E-state index contributed by atoms with van der Waals surface area (Å²) in [6.07, 6.45) is -2.56. The molecule has 3 aromatic carbocycles. The highest BCUT2D eigenvalue weighted by atomic mass is 19.4. The molecule has 0 spiro atoms. The molecule has 0 unspecified atom stereocenters. The number of anilines is 1. The number of carbonyl (C=O) groups excluding carboxylic acids is 1. The Hall–Kier alpha value is -3.98. The van der Waals surface area contributed by atoms with Crippen LogP contribution < -0.4 is 10.2 Å². The quantitative estimate of drug-likeness (QED) is 0.197. The van der Waals surface area contributed by atoms with Crippen molar-refractivity contribution in [2.75, 3.05) is 44.2 Å². The average Bonchev–Trinajstić information content (AvgIpc) is 3.28. The van der Waals surface area contributed by atoms with Crippen molar-refractivity contribution in [1.29, 1.82) is 0 Å². The van der Waals surface area contributed by atoms with E-state index >= 15 is 0 Å². The van der Waals surface area contributed by atoms with E-state index in [1.165, 1.54) is 12.1 Å². The van der Waals surface area contributed by atoms with Crippen molar-refractivity contribution in [1.82, 2.24) is 15.2 Å². The molecule has 218 valence electrons. The van der Waals surface area contributed by atoms with Crippen LogP contribution in [0.4, 0.5) is 23.4 Å². The molecule has 6 rings (SSSR count). The molecule has 1 fully saturated rings. The molecule has 1 aliphatic carbocycles. The minimum atomic E-state index is -4.49. The molecule has 4 aromatic rings. The largest absolute Gasteiger partial charge is 0.405 e. The number of piperazine rings is 1. The molecule has 1 N–H and O–H groups in total. The minimum absolute atomic E-state index is 0.278. The van der Waals surface area contributed by atoms with Crippen molar-refractivity contribution < 1.29 is 22.4 Å². The molecular weight excluding hydrogens is 544 g/mol. The molecule has 1 amide bonds. The Kier molecular flexibility index (Phi) is 7.62. The Morgan fingerprint density at radius 2 is 1.52 bits per heavy atom. The molecule has 0 bridgehead atoms. The summed E-state index contributed by atoms with van der Waals surface area (Å²) in [7, 11) is 0. The van der Waals surface area contributed by atoms with E-state index in [0.29, 0.717) is 12.8 Å². The lowest BCUT2D eigenvalue weighted by Gasteiger charge is -2.36. The molecule has 1 aromatic heterocycles. The first-order valence-corrected chi connectivity index (χ1v) is 14.3. The van der Waals surface area contributed by atoms with E-state index in [9.17, 15) is 22.4 Å². The summed E-state index contributed by atoms with van der Waals surface area (Å²) in [6.45, 7) is 2.81. The summed E-state index contributed by atoms with van der Waals surface area (Å²) in [5.41, 5.74) is 2.94. The van der Waals surface area contributed by atoms with E-state index in [1.807, 2.05) is 60.7 Å². The van der Waals surface area contributed by atoms with Crippen molar-refractivity contribution in [2.24, 2.45) is 0 Å². The van der Waals surface area contributed by atoms with Gasteiger partial charge in [0, 0.05) is 31.6 Å². The van der Waals surface area contributed by atoms with E-state index in [-0.39, 0.29) is 5.82 Å². The smallest absolute Gasteiger partial charge is 0.354 e. The van der Waals surface area contributed by atoms with Gasteiger partial charge >= 0.3 is 6.18 Å². The fraction of sp³-hybridized carbons (Fsp3) is 0.333. The number of unbranched alkanes of at least 4 members (excludes halogenated alkanes) is 1. The number of fused-ring (bicyclic) bond motifs is 4. The average molecular weight is 577 g/mol. The molecule has 9 heteroatoms. The van der Waals surface area contributed by atoms with Crippen LogP contribution in [0.25, 0.3) is 22.0 Å². The van der Waals surface area contributed by atoms with Gasteiger partial charge in [-0.25, -0.2) is 9.37 Å². The number of hydrogen-bond donors (Lipinski definition) is 1. The summed E-state index contributed by atoms with van der Waals surface area (Å²) in [5, 5.41) is 2.98. The van der Waals surface area contributed by atoms with Crippen molar-refractivity contribution in [3.63, 3.8) is 0 Å². The molecule has 0 radical (unpaired) electrons. The third kappa shape index (κ3) is 5.45. The summed E-state index contributed by atoms with van der Waals surface area (Å²) in [4.78, 5) is 23.0. The monoisotopic (exact) mass is 576 g/mol. The lowest BCUT2D eigenvalue weighted by molar-refractivity contribution is -0.141. The van der Waals surface area contributed by atoms with Gasteiger partial charge in [-0.2, -0.15) is 13.2 Å². The second kappa shape index (κ2) is 11.4. The van der Waals surface area contributed by atoms with Gasteiger partial charge < -0.3 is 10.2 Å². The maximum atomic E-state index is 13.7. The number of amides is 1. The molecule has 2 aliphatic rings. The zero-order chi connectivity index (χ0) is 29.3. The van der Waals surface area contributed by atoms with Gasteiger partial charge in [0.1, 0.15) is 23.6 Å². The van der Waals surface area contributed by atoms with Gasteiger partial charge in [-0.15, -0.1) is 0 Å². The van der Waals surface area contributed by atoms with E-state index in [0.717, 1.165) is 78.1 Å². The molecule has 0 saturated carbocycles. The predicted octanol–water partition coefficient (Wildman–Crippen LogP) is 6.31. The Morgan fingerprint density at radius 1 is 0.857 bits per heavy atom. The van der Waals surface area contributed by atoms with Gasteiger partial charge in [-0.1, -0.05) is 55.0 Å². The number of alkyl halides is 3. The predicted molar refractivity (Wildman–Crippen MR) is 156 cm³/mol. The molecule has 1 saturated heterocycles. The molecular formula is C33H32F4N4O. The van der Waals surface area contributed by atoms with Gasteiger partial charge in [-0.3, -0.25) is 9.69 Å². The van der Waals surface area contributed by atoms with Crippen molar-refractivity contribution in [3.8, 4) is 11.1 Å². The lowest BCUT2D eigenvalue weighted by atomic mass is 9.73. The fourth-order valence-corrected chi connectivity index (χ4v) is 6.47. The lowest BCUT2D eigenvalue weighted by Crippen LogP contribution is -2.47. The first kappa shape index (κ1) is 28.2. The molecule has 2 heterocycles. The number of hydrogen-bond acceptors (Lipinski definition) is 4. The molecule has 1 aliphatic heterocycles. The van der Waals surface area contributed by atoms with Gasteiger partial charge in [0.05, 0.1) is 5.52 Å². The Bertz CT molecular complexity index is 1550. The minimum Gasteiger partial charge on any atom is -0.354 e. The summed E-state index contributed by atoms with van der Waals surface area (Å²) in [6, 6.07) is 23.5. The number of nitrogens with zero attached hydrogens (tertiary/aromatic N) is 3. The maximum Gasteiger partial charge on any atom is 0.405 e. The number of carbonyl (C=O) groups is 1. The first-order chi connectivity index (χ1) is 20.2. The van der Waals surface area contributed by atoms with Crippen molar-refractivity contribution in [3.05, 3.63) is 95.8 Å².